The highest BCUT2D eigenvalue weighted by Crippen LogP contribution is 2.34. The molecule has 1 heterocycles. The standard InChI is InChI=1S/C33H30FN3O4/c1-20(2)25-17-26(21(3)15-30(25)40-5)32-36-28-14-10-9-13-24(28)33(38)37(32)35-19-22-16-31(27(34)18-29(22)39-4)41-23-11-7-6-8-12-23/h6-20H,1-5H3. The van der Waals surface area contributed by atoms with Crippen LogP contribution in [0.15, 0.2) is 88.8 Å². The van der Waals surface area contributed by atoms with E-state index in [0.717, 1.165) is 22.4 Å². The number of ether oxygens (including phenoxy) is 3. The van der Waals surface area contributed by atoms with Crippen molar-refractivity contribution in [3.05, 3.63) is 112 Å². The highest BCUT2D eigenvalue weighted by molar-refractivity contribution is 5.85. The second kappa shape index (κ2) is 11.6. The molecule has 0 atom stereocenters. The molecule has 0 aliphatic carbocycles. The van der Waals surface area contributed by atoms with Crippen LogP contribution in [0.5, 0.6) is 23.0 Å². The Morgan fingerprint density at radius 1 is 0.902 bits per heavy atom. The topological polar surface area (TPSA) is 74.9 Å². The number of hydrogen-bond acceptors (Lipinski definition) is 6. The van der Waals surface area contributed by atoms with E-state index in [0.29, 0.717) is 28.0 Å². The molecule has 0 amide bonds. The van der Waals surface area contributed by atoms with E-state index in [-0.39, 0.29) is 23.0 Å². The van der Waals surface area contributed by atoms with Crippen molar-refractivity contribution in [3.63, 3.8) is 0 Å². The Hall–Kier alpha value is -4.98. The fraction of sp³-hybridized carbons (Fsp3) is 0.182. The Morgan fingerprint density at radius 2 is 1.61 bits per heavy atom. The Morgan fingerprint density at radius 3 is 2.32 bits per heavy atom. The van der Waals surface area contributed by atoms with Crippen molar-refractivity contribution < 1.29 is 18.6 Å². The number of rotatable bonds is 8. The molecule has 0 saturated carbocycles. The van der Waals surface area contributed by atoms with Crippen molar-refractivity contribution in [1.82, 2.24) is 9.66 Å². The molecule has 0 fully saturated rings. The predicted molar refractivity (Wildman–Crippen MR) is 159 cm³/mol. The fourth-order valence-electron chi connectivity index (χ4n) is 4.61. The lowest BCUT2D eigenvalue weighted by atomic mass is 9.96. The van der Waals surface area contributed by atoms with Crippen molar-refractivity contribution in [1.29, 1.82) is 0 Å². The summed E-state index contributed by atoms with van der Waals surface area (Å²) in [6, 6.07) is 22.7. The summed E-state index contributed by atoms with van der Waals surface area (Å²) < 4.78 is 32.9. The van der Waals surface area contributed by atoms with Crippen LogP contribution in [-0.4, -0.2) is 30.1 Å². The van der Waals surface area contributed by atoms with E-state index in [2.05, 4.69) is 18.9 Å². The van der Waals surface area contributed by atoms with Gasteiger partial charge in [0.15, 0.2) is 17.4 Å². The van der Waals surface area contributed by atoms with Gasteiger partial charge in [-0.1, -0.05) is 44.2 Å². The molecule has 0 spiro atoms. The number of methoxy groups -OCH3 is 2. The van der Waals surface area contributed by atoms with Gasteiger partial charge in [0.25, 0.3) is 5.56 Å². The van der Waals surface area contributed by atoms with Gasteiger partial charge >= 0.3 is 0 Å². The van der Waals surface area contributed by atoms with E-state index in [1.54, 1.807) is 49.6 Å². The van der Waals surface area contributed by atoms with Gasteiger partial charge in [-0.25, -0.2) is 9.37 Å². The molecule has 41 heavy (non-hydrogen) atoms. The zero-order chi connectivity index (χ0) is 29.1. The minimum Gasteiger partial charge on any atom is -0.496 e. The van der Waals surface area contributed by atoms with Crippen LogP contribution >= 0.6 is 0 Å². The zero-order valence-electron chi connectivity index (χ0n) is 23.5. The van der Waals surface area contributed by atoms with Gasteiger partial charge in [0.05, 0.1) is 31.3 Å². The van der Waals surface area contributed by atoms with Crippen LogP contribution < -0.4 is 19.8 Å². The highest BCUT2D eigenvalue weighted by Gasteiger charge is 2.19. The van der Waals surface area contributed by atoms with Crippen LogP contribution in [0.4, 0.5) is 4.39 Å². The monoisotopic (exact) mass is 551 g/mol. The second-order valence-corrected chi connectivity index (χ2v) is 9.82. The number of aryl methyl sites for hydroxylation is 1. The highest BCUT2D eigenvalue weighted by atomic mass is 19.1. The SMILES string of the molecule is COc1cc(F)c(Oc2ccccc2)cc1C=Nn1c(-c2cc(C(C)C)c(OC)cc2C)nc2ccccc2c1=O. The number of halogens is 1. The van der Waals surface area contributed by atoms with Crippen molar-refractivity contribution in [2.45, 2.75) is 26.7 Å². The molecule has 0 saturated heterocycles. The molecule has 4 aromatic carbocycles. The molecule has 0 radical (unpaired) electrons. The third-order valence-corrected chi connectivity index (χ3v) is 6.76. The smallest absolute Gasteiger partial charge is 0.282 e. The van der Waals surface area contributed by atoms with Crippen LogP contribution in [0.2, 0.25) is 0 Å². The molecule has 0 aliphatic heterocycles. The molecule has 5 rings (SSSR count). The van der Waals surface area contributed by atoms with Gasteiger partial charge in [0, 0.05) is 17.2 Å². The van der Waals surface area contributed by atoms with Crippen LogP contribution in [-0.2, 0) is 0 Å². The molecule has 5 aromatic rings. The number of aromatic nitrogens is 2. The summed E-state index contributed by atoms with van der Waals surface area (Å²) in [5, 5.41) is 4.99. The van der Waals surface area contributed by atoms with E-state index in [9.17, 15) is 9.18 Å². The van der Waals surface area contributed by atoms with Crippen LogP contribution in [0.3, 0.4) is 0 Å². The fourth-order valence-corrected chi connectivity index (χ4v) is 4.61. The van der Waals surface area contributed by atoms with Gasteiger partial charge in [-0.2, -0.15) is 9.78 Å². The summed E-state index contributed by atoms with van der Waals surface area (Å²) in [7, 11) is 3.08. The lowest BCUT2D eigenvalue weighted by Gasteiger charge is -2.17. The number of fused-ring (bicyclic) bond motifs is 1. The van der Waals surface area contributed by atoms with Crippen molar-refractivity contribution in [2.24, 2.45) is 5.10 Å². The van der Waals surface area contributed by atoms with Crippen molar-refractivity contribution in [2.75, 3.05) is 14.2 Å². The van der Waals surface area contributed by atoms with Crippen molar-refractivity contribution in [3.8, 4) is 34.4 Å². The van der Waals surface area contributed by atoms with Gasteiger partial charge in [-0.3, -0.25) is 4.79 Å². The molecule has 1 aromatic heterocycles. The maximum atomic E-state index is 14.9. The number of nitrogens with zero attached hydrogens (tertiary/aromatic N) is 3. The van der Waals surface area contributed by atoms with Gasteiger partial charge in [0.2, 0.25) is 0 Å². The maximum Gasteiger partial charge on any atom is 0.282 e. The number of benzene rings is 4. The zero-order valence-corrected chi connectivity index (χ0v) is 23.5. The second-order valence-electron chi connectivity index (χ2n) is 9.82. The van der Waals surface area contributed by atoms with Gasteiger partial charge in [0.1, 0.15) is 17.2 Å². The molecule has 8 heteroatoms. The Labute approximate surface area is 237 Å². The molecule has 0 unspecified atom stereocenters. The summed E-state index contributed by atoms with van der Waals surface area (Å²) in [4.78, 5) is 18.6. The summed E-state index contributed by atoms with van der Waals surface area (Å²) in [6.07, 6.45) is 1.44. The molecular weight excluding hydrogens is 521 g/mol. The summed E-state index contributed by atoms with van der Waals surface area (Å²) in [5.74, 6) is 1.42. The van der Waals surface area contributed by atoms with Crippen molar-refractivity contribution >= 4 is 17.1 Å². The van der Waals surface area contributed by atoms with E-state index < -0.39 is 5.82 Å². The molecule has 0 N–H and O–H groups in total. The van der Waals surface area contributed by atoms with E-state index in [1.165, 1.54) is 30.1 Å². The first kappa shape index (κ1) is 27.6. The third-order valence-electron chi connectivity index (χ3n) is 6.76. The molecule has 208 valence electrons. The average Bonchev–Trinajstić information content (AvgIpc) is 2.98. The molecule has 0 aliphatic rings. The predicted octanol–water partition coefficient (Wildman–Crippen LogP) is 7.33. The first-order valence-electron chi connectivity index (χ1n) is 13.2. The third kappa shape index (κ3) is 5.54. The summed E-state index contributed by atoms with van der Waals surface area (Å²) >= 11 is 0. The average molecular weight is 552 g/mol. The maximum absolute atomic E-state index is 14.9. The normalized spacial score (nSPS) is 11.4. The Balaban J connectivity index is 1.69. The lowest BCUT2D eigenvalue weighted by molar-refractivity contribution is 0.401. The quantitative estimate of drug-likeness (QED) is 0.189. The first-order valence-corrected chi connectivity index (χ1v) is 13.2. The number of para-hydroxylation sites is 2. The van der Waals surface area contributed by atoms with E-state index >= 15 is 0 Å². The Kier molecular flexibility index (Phi) is 7.83. The first-order chi connectivity index (χ1) is 19.8. The van der Waals surface area contributed by atoms with Crippen LogP contribution in [0.25, 0.3) is 22.3 Å². The molecule has 7 nitrogen and oxygen atoms in total. The van der Waals surface area contributed by atoms with Gasteiger partial charge in [-0.15, -0.1) is 0 Å². The van der Waals surface area contributed by atoms with Crippen LogP contribution in [0.1, 0.15) is 36.5 Å². The minimum absolute atomic E-state index is 0.00442. The van der Waals surface area contributed by atoms with Crippen LogP contribution in [0, 0.1) is 12.7 Å². The molecular formula is C33H30FN3O4. The van der Waals surface area contributed by atoms with Gasteiger partial charge < -0.3 is 14.2 Å². The minimum atomic E-state index is -0.594. The van der Waals surface area contributed by atoms with E-state index in [1.807, 2.05) is 31.2 Å². The lowest BCUT2D eigenvalue weighted by Crippen LogP contribution is -2.21. The van der Waals surface area contributed by atoms with Gasteiger partial charge in [-0.05, 0) is 66.4 Å². The number of hydrogen-bond donors (Lipinski definition) is 0. The Bertz CT molecular complexity index is 1810. The largest absolute Gasteiger partial charge is 0.496 e. The summed E-state index contributed by atoms with van der Waals surface area (Å²) in [6.45, 7) is 6.09. The van der Waals surface area contributed by atoms with E-state index in [4.69, 9.17) is 19.2 Å². The molecule has 0 bridgehead atoms. The summed E-state index contributed by atoms with van der Waals surface area (Å²) in [5.41, 5.74) is 3.22.